The lowest BCUT2D eigenvalue weighted by Gasteiger charge is -2.39. The molecule has 0 heterocycles. The molecule has 0 aromatic rings. The van der Waals surface area contributed by atoms with E-state index in [1.807, 2.05) is 0 Å². The first-order valence-electron chi connectivity index (χ1n) is 14.4. The fourth-order valence-corrected chi connectivity index (χ4v) is 4.95. The standard InChI is InChI=1S/C29H53NO6/c1-2-3-4-5-6-7-8-9-10-11-12-16-23-30(24-17-13-20-27(31)32,25-18-14-21-28(33)34)26-19-15-22-29(35)36/h2-3H,4-26H2,1H3,(H2-,31,32,33,34,35,36)/b3-2+. The second-order valence-corrected chi connectivity index (χ2v) is 10.3. The number of nitrogens with zero attached hydrogens (tertiary/aromatic N) is 1. The molecule has 0 saturated carbocycles. The molecule has 0 aliphatic heterocycles. The Morgan fingerprint density at radius 1 is 0.583 bits per heavy atom. The molecule has 0 saturated heterocycles. The van der Waals surface area contributed by atoms with Crippen LogP contribution in [0.3, 0.4) is 0 Å². The molecular weight excluding hydrogens is 458 g/mol. The number of hydrogen-bond donors (Lipinski definition) is 2. The van der Waals surface area contributed by atoms with Gasteiger partial charge in [0.15, 0.2) is 0 Å². The summed E-state index contributed by atoms with van der Waals surface area (Å²) in [7, 11) is 0. The van der Waals surface area contributed by atoms with Crippen LogP contribution in [0.15, 0.2) is 12.2 Å². The van der Waals surface area contributed by atoms with E-state index in [-0.39, 0.29) is 19.3 Å². The predicted molar refractivity (Wildman–Crippen MR) is 143 cm³/mol. The molecule has 0 amide bonds. The van der Waals surface area contributed by atoms with Crippen molar-refractivity contribution in [2.24, 2.45) is 0 Å². The molecule has 0 aliphatic carbocycles. The normalized spacial score (nSPS) is 11.8. The summed E-state index contributed by atoms with van der Waals surface area (Å²) >= 11 is 0. The van der Waals surface area contributed by atoms with Crippen LogP contribution in [-0.2, 0) is 14.4 Å². The number of allylic oxidation sites excluding steroid dienone is 2. The number of carboxylic acids is 3. The average Bonchev–Trinajstić information content (AvgIpc) is 2.82. The maximum atomic E-state index is 10.9. The number of rotatable bonds is 27. The van der Waals surface area contributed by atoms with E-state index in [1.165, 1.54) is 57.8 Å². The highest BCUT2D eigenvalue weighted by Gasteiger charge is 2.26. The molecule has 0 aromatic heterocycles. The SMILES string of the molecule is C/C=C/CCCCCCCCCCC[N+](CCCCC(=O)[O-])(CCCCC(=O)O)CCCCC(=O)O. The molecule has 7 heteroatoms. The average molecular weight is 512 g/mol. The Hall–Kier alpha value is -1.89. The van der Waals surface area contributed by atoms with Crippen molar-refractivity contribution in [3.8, 4) is 0 Å². The molecule has 0 rings (SSSR count). The summed E-state index contributed by atoms with van der Waals surface area (Å²) < 4.78 is 0.846. The van der Waals surface area contributed by atoms with Gasteiger partial charge in [0, 0.05) is 18.8 Å². The molecular formula is C29H53NO6. The minimum atomic E-state index is -1.02. The number of unbranched alkanes of at least 4 members (excludes halogenated alkanes) is 12. The number of aliphatic carboxylic acids is 3. The zero-order valence-corrected chi connectivity index (χ0v) is 22.9. The van der Waals surface area contributed by atoms with E-state index in [0.717, 1.165) is 56.3 Å². The van der Waals surface area contributed by atoms with Gasteiger partial charge in [0.1, 0.15) is 0 Å². The van der Waals surface area contributed by atoms with Gasteiger partial charge in [-0.15, -0.1) is 0 Å². The molecule has 0 unspecified atom stereocenters. The zero-order valence-electron chi connectivity index (χ0n) is 22.9. The van der Waals surface area contributed by atoms with Crippen molar-refractivity contribution < 1.29 is 34.2 Å². The van der Waals surface area contributed by atoms with Crippen molar-refractivity contribution in [3.63, 3.8) is 0 Å². The van der Waals surface area contributed by atoms with Crippen LogP contribution in [0.2, 0.25) is 0 Å². The molecule has 0 radical (unpaired) electrons. The van der Waals surface area contributed by atoms with E-state index in [2.05, 4.69) is 19.1 Å². The minimum absolute atomic E-state index is 0.0628. The summed E-state index contributed by atoms with van der Waals surface area (Å²) in [6.07, 6.45) is 21.5. The van der Waals surface area contributed by atoms with Crippen LogP contribution >= 0.6 is 0 Å². The highest BCUT2D eigenvalue weighted by Crippen LogP contribution is 2.19. The molecule has 7 nitrogen and oxygen atoms in total. The van der Waals surface area contributed by atoms with Crippen LogP contribution in [-0.4, -0.2) is 58.8 Å². The number of quaternary nitrogens is 1. The molecule has 0 atom stereocenters. The van der Waals surface area contributed by atoms with Gasteiger partial charge in [-0.3, -0.25) is 9.59 Å². The largest absolute Gasteiger partial charge is 0.550 e. The van der Waals surface area contributed by atoms with E-state index in [4.69, 9.17) is 10.2 Å². The highest BCUT2D eigenvalue weighted by atomic mass is 16.4. The van der Waals surface area contributed by atoms with Gasteiger partial charge in [-0.2, -0.15) is 0 Å². The fraction of sp³-hybridized carbons (Fsp3) is 0.828. The number of hydrogen-bond acceptors (Lipinski definition) is 4. The first-order valence-corrected chi connectivity index (χ1v) is 14.4. The fourth-order valence-electron chi connectivity index (χ4n) is 4.95. The van der Waals surface area contributed by atoms with Crippen LogP contribution in [0.1, 0.15) is 129 Å². The topological polar surface area (TPSA) is 115 Å². The minimum Gasteiger partial charge on any atom is -0.550 e. The van der Waals surface area contributed by atoms with Crippen LogP contribution < -0.4 is 5.11 Å². The lowest BCUT2D eigenvalue weighted by Crippen LogP contribution is -2.51. The van der Waals surface area contributed by atoms with Crippen molar-refractivity contribution in [1.82, 2.24) is 0 Å². The van der Waals surface area contributed by atoms with Crippen LogP contribution in [0.4, 0.5) is 0 Å². The first kappa shape index (κ1) is 34.1. The van der Waals surface area contributed by atoms with Crippen LogP contribution in [0.5, 0.6) is 0 Å². The zero-order chi connectivity index (χ0) is 26.9. The molecule has 2 N–H and O–H groups in total. The molecule has 0 aliphatic rings. The van der Waals surface area contributed by atoms with Crippen molar-refractivity contribution in [3.05, 3.63) is 12.2 Å². The monoisotopic (exact) mass is 511 g/mol. The second kappa shape index (κ2) is 23.5. The molecule has 0 aromatic carbocycles. The lowest BCUT2D eigenvalue weighted by molar-refractivity contribution is -0.929. The Balaban J connectivity index is 4.63. The van der Waals surface area contributed by atoms with Gasteiger partial charge < -0.3 is 24.6 Å². The third-order valence-electron chi connectivity index (χ3n) is 7.05. The van der Waals surface area contributed by atoms with Gasteiger partial charge in [0.2, 0.25) is 0 Å². The lowest BCUT2D eigenvalue weighted by atomic mass is 10.0. The van der Waals surface area contributed by atoms with E-state index in [1.54, 1.807) is 0 Å². The van der Waals surface area contributed by atoms with Gasteiger partial charge in [0.05, 0.1) is 26.2 Å². The molecule has 0 fully saturated rings. The Morgan fingerprint density at radius 2 is 0.944 bits per heavy atom. The molecule has 36 heavy (non-hydrogen) atoms. The van der Waals surface area contributed by atoms with Gasteiger partial charge in [0.25, 0.3) is 0 Å². The molecule has 210 valence electrons. The number of carbonyl (C=O) groups excluding carboxylic acids is 1. The second-order valence-electron chi connectivity index (χ2n) is 10.3. The summed E-state index contributed by atoms with van der Waals surface area (Å²) in [5.41, 5.74) is 0. The third kappa shape index (κ3) is 22.6. The smallest absolute Gasteiger partial charge is 0.303 e. The quantitative estimate of drug-likeness (QED) is 0.0829. The summed E-state index contributed by atoms with van der Waals surface area (Å²) in [4.78, 5) is 32.7. The maximum Gasteiger partial charge on any atom is 0.303 e. The van der Waals surface area contributed by atoms with Gasteiger partial charge in [-0.05, 0) is 77.6 Å². The van der Waals surface area contributed by atoms with Crippen molar-refractivity contribution in [2.45, 2.75) is 129 Å². The Bertz CT molecular complexity index is 550. The van der Waals surface area contributed by atoms with Crippen molar-refractivity contribution >= 4 is 17.9 Å². The van der Waals surface area contributed by atoms with E-state index in [0.29, 0.717) is 19.3 Å². The summed E-state index contributed by atoms with van der Waals surface area (Å²) in [6.45, 7) is 5.67. The van der Waals surface area contributed by atoms with Crippen LogP contribution in [0, 0.1) is 0 Å². The predicted octanol–water partition coefficient (Wildman–Crippen LogP) is 5.71. The molecule has 0 bridgehead atoms. The van der Waals surface area contributed by atoms with E-state index >= 15 is 0 Å². The summed E-state index contributed by atoms with van der Waals surface area (Å²) in [5, 5.41) is 28.8. The third-order valence-corrected chi connectivity index (χ3v) is 7.05. The van der Waals surface area contributed by atoms with Gasteiger partial charge in [-0.25, -0.2) is 0 Å². The summed E-state index contributed by atoms with van der Waals surface area (Å²) in [6, 6.07) is 0. The van der Waals surface area contributed by atoms with Gasteiger partial charge in [-0.1, -0.05) is 50.7 Å². The Kier molecular flexibility index (Phi) is 22.3. The van der Waals surface area contributed by atoms with E-state index < -0.39 is 17.9 Å². The summed E-state index contributed by atoms with van der Waals surface area (Å²) in [5.74, 6) is -2.57. The Labute approximate surface area is 219 Å². The van der Waals surface area contributed by atoms with E-state index in [9.17, 15) is 19.5 Å². The maximum absolute atomic E-state index is 10.9. The van der Waals surface area contributed by atoms with Crippen molar-refractivity contribution in [1.29, 1.82) is 0 Å². The van der Waals surface area contributed by atoms with Crippen LogP contribution in [0.25, 0.3) is 0 Å². The van der Waals surface area contributed by atoms with Gasteiger partial charge >= 0.3 is 11.9 Å². The van der Waals surface area contributed by atoms with Crippen molar-refractivity contribution in [2.75, 3.05) is 26.2 Å². The highest BCUT2D eigenvalue weighted by molar-refractivity contribution is 5.66. The number of carbonyl (C=O) groups is 3. The Morgan fingerprint density at radius 3 is 1.33 bits per heavy atom. The molecule has 0 spiro atoms. The number of carboxylic acid groups (broad SMARTS) is 3. The first-order chi connectivity index (χ1) is 17.3.